The predicted octanol–water partition coefficient (Wildman–Crippen LogP) is 0.922. The van der Waals surface area contributed by atoms with Crippen LogP contribution in [0.15, 0.2) is 28.3 Å². The van der Waals surface area contributed by atoms with Gasteiger partial charge < -0.3 is 0 Å². The molecule has 2 heterocycles. The summed E-state index contributed by atoms with van der Waals surface area (Å²) in [6.07, 6.45) is 5.38. The van der Waals surface area contributed by atoms with Crippen LogP contribution in [0.2, 0.25) is 5.15 Å². The van der Waals surface area contributed by atoms with Crippen molar-refractivity contribution in [2.45, 2.75) is 19.8 Å². The Morgan fingerprint density at radius 2 is 2.00 bits per heavy atom. The zero-order valence-electron chi connectivity index (χ0n) is 9.68. The van der Waals surface area contributed by atoms with Gasteiger partial charge in [0.05, 0.1) is 23.6 Å². The Balaban J connectivity index is 2.73. The van der Waals surface area contributed by atoms with Crippen LogP contribution in [0.1, 0.15) is 18.9 Å². The van der Waals surface area contributed by atoms with Gasteiger partial charge in [-0.2, -0.15) is 0 Å². The molecule has 18 heavy (non-hydrogen) atoms. The first-order valence-corrected chi connectivity index (χ1v) is 5.82. The molecular formula is C11H11ClN4O2. The van der Waals surface area contributed by atoms with Gasteiger partial charge in [-0.25, -0.2) is 19.3 Å². The second-order valence-electron chi connectivity index (χ2n) is 3.71. The average molecular weight is 267 g/mol. The summed E-state index contributed by atoms with van der Waals surface area (Å²) < 4.78 is 0.983. The van der Waals surface area contributed by atoms with Gasteiger partial charge in [0.1, 0.15) is 11.5 Å². The van der Waals surface area contributed by atoms with Crippen molar-refractivity contribution in [2.75, 3.05) is 0 Å². The molecule has 0 aromatic carbocycles. The minimum absolute atomic E-state index is 0.0972. The Kier molecular flexibility index (Phi) is 3.57. The van der Waals surface area contributed by atoms with E-state index in [1.165, 1.54) is 18.7 Å². The molecule has 0 saturated carbocycles. The molecule has 2 aromatic heterocycles. The monoisotopic (exact) mass is 266 g/mol. The first-order chi connectivity index (χ1) is 8.65. The van der Waals surface area contributed by atoms with Crippen molar-refractivity contribution in [3.8, 4) is 5.69 Å². The first-order valence-electron chi connectivity index (χ1n) is 5.44. The number of aromatic amines is 1. The average Bonchev–Trinajstić information content (AvgIpc) is 2.35. The van der Waals surface area contributed by atoms with Gasteiger partial charge in [-0.15, -0.1) is 0 Å². The lowest BCUT2D eigenvalue weighted by Gasteiger charge is -2.07. The smallest absolute Gasteiger partial charge is 0.297 e. The van der Waals surface area contributed by atoms with Crippen LogP contribution in [-0.2, 0) is 6.42 Å². The fourth-order valence-electron chi connectivity index (χ4n) is 1.65. The SMILES string of the molecule is CCCc1c(Cl)[nH]c(=O)n(-c2cncnc2)c1=O. The zero-order chi connectivity index (χ0) is 13.1. The molecule has 7 heteroatoms. The van der Waals surface area contributed by atoms with Gasteiger partial charge in [-0.05, 0) is 6.42 Å². The van der Waals surface area contributed by atoms with Crippen LogP contribution < -0.4 is 11.2 Å². The lowest BCUT2D eigenvalue weighted by Crippen LogP contribution is -2.36. The summed E-state index contributed by atoms with van der Waals surface area (Å²) in [6.45, 7) is 1.93. The van der Waals surface area contributed by atoms with Gasteiger partial charge in [-0.3, -0.25) is 9.78 Å². The lowest BCUT2D eigenvalue weighted by molar-refractivity contribution is 0.805. The summed E-state index contributed by atoms with van der Waals surface area (Å²) in [5, 5.41) is 0.0972. The van der Waals surface area contributed by atoms with E-state index in [1.807, 2.05) is 6.92 Å². The van der Waals surface area contributed by atoms with Crippen molar-refractivity contribution in [1.29, 1.82) is 0 Å². The van der Waals surface area contributed by atoms with Gasteiger partial charge in [-0.1, -0.05) is 24.9 Å². The molecule has 94 valence electrons. The fourth-order valence-corrected chi connectivity index (χ4v) is 1.91. The van der Waals surface area contributed by atoms with E-state index >= 15 is 0 Å². The van der Waals surface area contributed by atoms with E-state index in [0.29, 0.717) is 17.7 Å². The number of hydrogen-bond donors (Lipinski definition) is 1. The van der Waals surface area contributed by atoms with Crippen molar-refractivity contribution >= 4 is 11.6 Å². The van der Waals surface area contributed by atoms with Gasteiger partial charge in [0, 0.05) is 0 Å². The Labute approximate surface area is 107 Å². The van der Waals surface area contributed by atoms with Crippen LogP contribution in [0.3, 0.4) is 0 Å². The molecule has 0 atom stereocenters. The van der Waals surface area contributed by atoms with E-state index in [1.54, 1.807) is 0 Å². The predicted molar refractivity (Wildman–Crippen MR) is 67.3 cm³/mol. The third kappa shape index (κ3) is 2.19. The molecule has 0 saturated heterocycles. The Morgan fingerprint density at radius 3 is 2.61 bits per heavy atom. The van der Waals surface area contributed by atoms with E-state index in [4.69, 9.17) is 11.6 Å². The maximum atomic E-state index is 12.2. The molecule has 6 nitrogen and oxygen atoms in total. The van der Waals surface area contributed by atoms with Gasteiger partial charge in [0.2, 0.25) is 0 Å². The number of nitrogens with zero attached hydrogens (tertiary/aromatic N) is 3. The van der Waals surface area contributed by atoms with Gasteiger partial charge in [0.25, 0.3) is 5.56 Å². The quantitative estimate of drug-likeness (QED) is 0.838. The third-order valence-corrected chi connectivity index (χ3v) is 2.77. The standard InChI is InChI=1S/C11H11ClN4O2/c1-2-3-8-9(12)15-11(18)16(10(8)17)7-4-13-6-14-5-7/h4-6H,2-3H2,1H3,(H,15,18). The summed E-state index contributed by atoms with van der Waals surface area (Å²) in [6, 6.07) is 0. The molecule has 0 aliphatic rings. The normalized spacial score (nSPS) is 10.6. The first kappa shape index (κ1) is 12.5. The Bertz CT molecular complexity index is 663. The highest BCUT2D eigenvalue weighted by atomic mass is 35.5. The molecule has 2 rings (SSSR count). The molecule has 0 aliphatic carbocycles. The molecule has 2 aromatic rings. The Morgan fingerprint density at radius 1 is 1.33 bits per heavy atom. The van der Waals surface area contributed by atoms with Crippen molar-refractivity contribution in [1.82, 2.24) is 19.5 Å². The number of nitrogens with one attached hydrogen (secondary N) is 1. The number of aromatic nitrogens is 4. The fraction of sp³-hybridized carbons (Fsp3) is 0.273. The topological polar surface area (TPSA) is 80.6 Å². The maximum Gasteiger partial charge on any atom is 0.334 e. The summed E-state index contributed by atoms with van der Waals surface area (Å²) >= 11 is 5.87. The summed E-state index contributed by atoms with van der Waals surface area (Å²) in [4.78, 5) is 34.0. The molecule has 0 fully saturated rings. The van der Waals surface area contributed by atoms with Crippen LogP contribution >= 0.6 is 11.6 Å². The molecule has 0 amide bonds. The molecule has 0 radical (unpaired) electrons. The summed E-state index contributed by atoms with van der Waals surface area (Å²) in [7, 11) is 0. The molecular weight excluding hydrogens is 256 g/mol. The molecule has 0 bridgehead atoms. The van der Waals surface area contributed by atoms with Gasteiger partial charge >= 0.3 is 5.69 Å². The number of halogens is 1. The lowest BCUT2D eigenvalue weighted by atomic mass is 10.2. The second-order valence-corrected chi connectivity index (χ2v) is 4.09. The minimum Gasteiger partial charge on any atom is -0.297 e. The maximum absolute atomic E-state index is 12.2. The molecule has 0 unspecified atom stereocenters. The van der Waals surface area contributed by atoms with E-state index in [0.717, 1.165) is 11.0 Å². The van der Waals surface area contributed by atoms with E-state index in [9.17, 15) is 9.59 Å². The second kappa shape index (κ2) is 5.14. The number of H-pyrrole nitrogens is 1. The highest BCUT2D eigenvalue weighted by Gasteiger charge is 2.13. The molecule has 0 aliphatic heterocycles. The van der Waals surface area contributed by atoms with Crippen molar-refractivity contribution in [3.05, 3.63) is 50.3 Å². The third-order valence-electron chi connectivity index (χ3n) is 2.45. The van der Waals surface area contributed by atoms with Crippen molar-refractivity contribution < 1.29 is 0 Å². The minimum atomic E-state index is -0.598. The highest BCUT2D eigenvalue weighted by molar-refractivity contribution is 6.30. The van der Waals surface area contributed by atoms with Crippen molar-refractivity contribution in [3.63, 3.8) is 0 Å². The Hall–Kier alpha value is -1.95. The van der Waals surface area contributed by atoms with Crippen LogP contribution in [0.4, 0.5) is 0 Å². The van der Waals surface area contributed by atoms with E-state index in [2.05, 4.69) is 15.0 Å². The summed E-state index contributed by atoms with van der Waals surface area (Å²) in [5.74, 6) is 0. The molecule has 1 N–H and O–H groups in total. The van der Waals surface area contributed by atoms with Gasteiger partial charge in [0.15, 0.2) is 0 Å². The highest BCUT2D eigenvalue weighted by Crippen LogP contribution is 2.09. The van der Waals surface area contributed by atoms with Crippen LogP contribution in [0.25, 0.3) is 5.69 Å². The largest absolute Gasteiger partial charge is 0.334 e. The van der Waals surface area contributed by atoms with E-state index < -0.39 is 11.2 Å². The number of hydrogen-bond acceptors (Lipinski definition) is 4. The van der Waals surface area contributed by atoms with Crippen LogP contribution in [0.5, 0.6) is 0 Å². The van der Waals surface area contributed by atoms with Crippen LogP contribution in [0, 0.1) is 0 Å². The van der Waals surface area contributed by atoms with Crippen LogP contribution in [-0.4, -0.2) is 19.5 Å². The molecule has 0 spiro atoms. The van der Waals surface area contributed by atoms with Crippen molar-refractivity contribution in [2.24, 2.45) is 0 Å². The van der Waals surface area contributed by atoms with E-state index in [-0.39, 0.29) is 5.15 Å². The number of rotatable bonds is 3. The summed E-state index contributed by atoms with van der Waals surface area (Å²) in [5.41, 5.74) is -0.319. The zero-order valence-corrected chi connectivity index (χ0v) is 10.4.